The van der Waals surface area contributed by atoms with Gasteiger partial charge < -0.3 is 15.5 Å². The quantitative estimate of drug-likeness (QED) is 0.829. The van der Waals surface area contributed by atoms with Gasteiger partial charge in [0.05, 0.1) is 12.1 Å². The molecule has 0 atom stereocenters. The fourth-order valence-corrected chi connectivity index (χ4v) is 2.83. The van der Waals surface area contributed by atoms with Gasteiger partial charge in [-0.15, -0.1) is 0 Å². The molecule has 2 N–H and O–H groups in total. The smallest absolute Gasteiger partial charge is 0.254 e. The van der Waals surface area contributed by atoms with Crippen molar-refractivity contribution in [3.8, 4) is 0 Å². The molecule has 1 aliphatic rings. The van der Waals surface area contributed by atoms with Gasteiger partial charge in [-0.2, -0.15) is 0 Å². The largest absolute Gasteiger partial charge is 0.352 e. The molecule has 1 heterocycles. The van der Waals surface area contributed by atoms with Crippen molar-refractivity contribution in [2.45, 2.75) is 32.2 Å². The lowest BCUT2D eigenvalue weighted by atomic mass is 10.0. The molecule has 132 valence electrons. The average Bonchev–Trinajstić information content (AvgIpc) is 2.55. The van der Waals surface area contributed by atoms with Crippen LogP contribution in [0.5, 0.6) is 0 Å². The van der Waals surface area contributed by atoms with Crippen LogP contribution in [0, 0.1) is 11.6 Å². The lowest BCUT2D eigenvalue weighted by Gasteiger charge is -2.32. The highest BCUT2D eigenvalue weighted by molar-refractivity contribution is 5.96. The Kier molecular flexibility index (Phi) is 6.66. The highest BCUT2D eigenvalue weighted by atomic mass is 19.1. The molecule has 1 aromatic rings. The van der Waals surface area contributed by atoms with Crippen LogP contribution >= 0.6 is 0 Å². The molecule has 0 aliphatic carbocycles. The number of amides is 2. The van der Waals surface area contributed by atoms with Gasteiger partial charge in [0.1, 0.15) is 11.6 Å². The molecule has 2 amide bonds. The molecule has 5 nitrogen and oxygen atoms in total. The van der Waals surface area contributed by atoms with E-state index in [1.165, 1.54) is 0 Å². The number of rotatable bonds is 6. The Balaban J connectivity index is 1.74. The van der Waals surface area contributed by atoms with Crippen molar-refractivity contribution in [2.75, 3.05) is 26.2 Å². The minimum absolute atomic E-state index is 0.102. The molecule has 1 saturated heterocycles. The van der Waals surface area contributed by atoms with Crippen LogP contribution in [-0.4, -0.2) is 48.9 Å². The number of nitrogens with zero attached hydrogens (tertiary/aromatic N) is 1. The maximum absolute atomic E-state index is 13.5. The molecule has 24 heavy (non-hydrogen) atoms. The van der Waals surface area contributed by atoms with Gasteiger partial charge in [-0.05, 0) is 37.9 Å². The fraction of sp³-hybridized carbons (Fsp3) is 0.529. The van der Waals surface area contributed by atoms with E-state index in [9.17, 15) is 18.4 Å². The standard InChI is InChI=1S/C17H23F2N3O2/c1-2-7-22-8-5-13(6-9-22)21-16(23)11-20-17(24)14-4-3-12(18)10-15(14)19/h3-4,10,13H,2,5-9,11H2,1H3,(H,20,24)(H,21,23). The summed E-state index contributed by atoms with van der Waals surface area (Å²) in [5, 5.41) is 5.23. The van der Waals surface area contributed by atoms with E-state index in [2.05, 4.69) is 22.5 Å². The lowest BCUT2D eigenvalue weighted by Crippen LogP contribution is -2.47. The number of carbonyl (C=O) groups excluding carboxylic acids is 2. The number of halogens is 2. The van der Waals surface area contributed by atoms with E-state index < -0.39 is 17.5 Å². The summed E-state index contributed by atoms with van der Waals surface area (Å²) in [6.45, 7) is 4.88. The van der Waals surface area contributed by atoms with Crippen molar-refractivity contribution < 1.29 is 18.4 Å². The first-order chi connectivity index (χ1) is 11.5. The summed E-state index contributed by atoms with van der Waals surface area (Å²) in [6, 6.07) is 2.80. The summed E-state index contributed by atoms with van der Waals surface area (Å²) in [6.07, 6.45) is 2.88. The Morgan fingerprint density at radius 2 is 1.96 bits per heavy atom. The molecule has 1 fully saturated rings. The highest BCUT2D eigenvalue weighted by Crippen LogP contribution is 2.11. The van der Waals surface area contributed by atoms with Crippen molar-refractivity contribution >= 4 is 11.8 Å². The number of likely N-dealkylation sites (tertiary alicyclic amines) is 1. The summed E-state index contributed by atoms with van der Waals surface area (Å²) < 4.78 is 26.3. The summed E-state index contributed by atoms with van der Waals surface area (Å²) in [7, 11) is 0. The minimum Gasteiger partial charge on any atom is -0.352 e. The molecule has 1 aliphatic heterocycles. The molecule has 0 aromatic heterocycles. The minimum atomic E-state index is -0.948. The Hall–Kier alpha value is -2.02. The molecular formula is C17H23F2N3O2. The second-order valence-corrected chi connectivity index (χ2v) is 5.99. The normalized spacial score (nSPS) is 16.0. The zero-order valence-electron chi connectivity index (χ0n) is 13.8. The Morgan fingerprint density at radius 3 is 2.58 bits per heavy atom. The average molecular weight is 339 g/mol. The van der Waals surface area contributed by atoms with E-state index in [0.29, 0.717) is 6.07 Å². The molecule has 0 spiro atoms. The maximum atomic E-state index is 13.5. The van der Waals surface area contributed by atoms with Gasteiger partial charge in [-0.25, -0.2) is 8.78 Å². The van der Waals surface area contributed by atoms with Gasteiger partial charge in [0, 0.05) is 25.2 Å². The summed E-state index contributed by atoms with van der Waals surface area (Å²) in [4.78, 5) is 26.1. The van der Waals surface area contributed by atoms with Crippen LogP contribution in [0.4, 0.5) is 8.78 Å². The maximum Gasteiger partial charge on any atom is 0.254 e. The van der Waals surface area contributed by atoms with Gasteiger partial charge in [-0.1, -0.05) is 6.92 Å². The van der Waals surface area contributed by atoms with Crippen LogP contribution in [-0.2, 0) is 4.79 Å². The van der Waals surface area contributed by atoms with Crippen LogP contribution in [0.1, 0.15) is 36.5 Å². The molecular weight excluding hydrogens is 316 g/mol. The fourth-order valence-electron chi connectivity index (χ4n) is 2.83. The third-order valence-electron chi connectivity index (χ3n) is 4.08. The summed E-state index contributed by atoms with van der Waals surface area (Å²) in [5.74, 6) is -2.74. The van der Waals surface area contributed by atoms with Crippen LogP contribution in [0.25, 0.3) is 0 Å². The van der Waals surface area contributed by atoms with Crippen LogP contribution in [0.15, 0.2) is 18.2 Å². The predicted molar refractivity (Wildman–Crippen MR) is 86.6 cm³/mol. The number of hydrogen-bond donors (Lipinski definition) is 2. The van der Waals surface area contributed by atoms with Gasteiger partial charge >= 0.3 is 0 Å². The number of benzene rings is 1. The number of carbonyl (C=O) groups is 2. The monoisotopic (exact) mass is 339 g/mol. The zero-order chi connectivity index (χ0) is 17.5. The summed E-state index contributed by atoms with van der Waals surface area (Å²) in [5.41, 5.74) is -0.280. The molecule has 1 aromatic carbocycles. The van der Waals surface area contributed by atoms with Crippen LogP contribution in [0.3, 0.4) is 0 Å². The third kappa shape index (κ3) is 5.26. The van der Waals surface area contributed by atoms with Gasteiger partial charge in [0.25, 0.3) is 5.91 Å². The Bertz CT molecular complexity index is 587. The van der Waals surface area contributed by atoms with Crippen molar-refractivity contribution in [2.24, 2.45) is 0 Å². The van der Waals surface area contributed by atoms with E-state index >= 15 is 0 Å². The Labute approximate surface area is 140 Å². The molecule has 0 saturated carbocycles. The van der Waals surface area contributed by atoms with Crippen molar-refractivity contribution in [3.63, 3.8) is 0 Å². The molecule has 0 bridgehead atoms. The lowest BCUT2D eigenvalue weighted by molar-refractivity contribution is -0.121. The molecule has 7 heteroatoms. The number of hydrogen-bond acceptors (Lipinski definition) is 3. The topological polar surface area (TPSA) is 61.4 Å². The first kappa shape index (κ1) is 18.3. The first-order valence-electron chi connectivity index (χ1n) is 8.24. The summed E-state index contributed by atoms with van der Waals surface area (Å²) >= 11 is 0. The SMILES string of the molecule is CCCN1CCC(NC(=O)CNC(=O)c2ccc(F)cc2F)CC1. The van der Waals surface area contributed by atoms with E-state index in [-0.39, 0.29) is 24.1 Å². The van der Waals surface area contributed by atoms with Gasteiger partial charge in [-0.3, -0.25) is 9.59 Å². The van der Waals surface area contributed by atoms with E-state index in [1.54, 1.807) is 0 Å². The highest BCUT2D eigenvalue weighted by Gasteiger charge is 2.20. The second kappa shape index (κ2) is 8.73. The Morgan fingerprint density at radius 1 is 1.25 bits per heavy atom. The van der Waals surface area contributed by atoms with Crippen LogP contribution in [0.2, 0.25) is 0 Å². The van der Waals surface area contributed by atoms with E-state index in [0.717, 1.165) is 51.0 Å². The molecule has 0 unspecified atom stereocenters. The second-order valence-electron chi connectivity index (χ2n) is 5.99. The van der Waals surface area contributed by atoms with E-state index in [4.69, 9.17) is 0 Å². The number of nitrogens with one attached hydrogen (secondary N) is 2. The first-order valence-corrected chi connectivity index (χ1v) is 8.24. The number of piperidine rings is 1. The zero-order valence-corrected chi connectivity index (χ0v) is 13.8. The molecule has 0 radical (unpaired) electrons. The third-order valence-corrected chi connectivity index (χ3v) is 4.08. The van der Waals surface area contributed by atoms with Crippen molar-refractivity contribution in [1.29, 1.82) is 0 Å². The van der Waals surface area contributed by atoms with Crippen molar-refractivity contribution in [1.82, 2.24) is 15.5 Å². The van der Waals surface area contributed by atoms with Gasteiger partial charge in [0.15, 0.2) is 0 Å². The van der Waals surface area contributed by atoms with Crippen molar-refractivity contribution in [3.05, 3.63) is 35.4 Å². The van der Waals surface area contributed by atoms with Crippen LogP contribution < -0.4 is 10.6 Å². The predicted octanol–water partition coefficient (Wildman–Crippen LogP) is 1.69. The molecule has 2 rings (SSSR count). The van der Waals surface area contributed by atoms with Gasteiger partial charge in [0.2, 0.25) is 5.91 Å². The van der Waals surface area contributed by atoms with E-state index in [1.807, 2.05) is 0 Å².